The van der Waals surface area contributed by atoms with E-state index in [9.17, 15) is 4.79 Å². The third-order valence-electron chi connectivity index (χ3n) is 2.83. The fourth-order valence-electron chi connectivity index (χ4n) is 1.93. The van der Waals surface area contributed by atoms with E-state index in [2.05, 4.69) is 11.9 Å². The third kappa shape index (κ3) is 5.86. The molecular weight excluding hydrogens is 266 g/mol. The molecule has 1 rings (SSSR count). The van der Waals surface area contributed by atoms with Crippen molar-refractivity contribution < 1.29 is 9.53 Å². The van der Waals surface area contributed by atoms with E-state index in [-0.39, 0.29) is 0 Å². The zero-order valence-corrected chi connectivity index (χ0v) is 12.1. The molecule has 0 heterocycles. The first-order valence-electron chi connectivity index (χ1n) is 6.53. The predicted molar refractivity (Wildman–Crippen MR) is 84.6 cm³/mol. The van der Waals surface area contributed by atoms with Crippen LogP contribution in [-0.2, 0) is 6.42 Å². The van der Waals surface area contributed by atoms with Crippen LogP contribution in [0, 0.1) is 0 Å². The number of ether oxygens (including phenoxy) is 1. The Labute approximate surface area is 125 Å². The molecule has 0 saturated heterocycles. The minimum Gasteiger partial charge on any atom is -0.496 e. The summed E-state index contributed by atoms with van der Waals surface area (Å²) in [6, 6.07) is 7.19. The highest BCUT2D eigenvalue weighted by Crippen LogP contribution is 2.21. The van der Waals surface area contributed by atoms with Crippen LogP contribution >= 0.6 is 0 Å². The summed E-state index contributed by atoms with van der Waals surface area (Å²) in [6.45, 7) is 3.72. The van der Waals surface area contributed by atoms with Crippen LogP contribution in [0.5, 0.6) is 5.75 Å². The van der Waals surface area contributed by atoms with Gasteiger partial charge in [-0.25, -0.2) is 4.79 Å². The van der Waals surface area contributed by atoms with Gasteiger partial charge in [-0.05, 0) is 48.4 Å². The Bertz CT molecular complexity index is 562. The maximum absolute atomic E-state index is 10.8. The number of allylic oxidation sites excluding steroid dienone is 3. The average Bonchev–Trinajstić information content (AvgIpc) is 2.44. The van der Waals surface area contributed by atoms with E-state index in [0.29, 0.717) is 5.70 Å². The number of urea groups is 1. The number of primary amides is 1. The lowest BCUT2D eigenvalue weighted by molar-refractivity contribution is 0.251. The molecule has 0 fully saturated rings. The molecule has 5 heteroatoms. The summed E-state index contributed by atoms with van der Waals surface area (Å²) in [6.07, 6.45) is 6.47. The van der Waals surface area contributed by atoms with Gasteiger partial charge < -0.3 is 21.5 Å². The van der Waals surface area contributed by atoms with E-state index in [1.165, 1.54) is 6.20 Å². The highest BCUT2D eigenvalue weighted by atomic mass is 16.5. The van der Waals surface area contributed by atoms with Gasteiger partial charge in [-0.15, -0.1) is 0 Å². The van der Waals surface area contributed by atoms with E-state index >= 15 is 0 Å². The van der Waals surface area contributed by atoms with Gasteiger partial charge in [0.15, 0.2) is 0 Å². The number of hydrogen-bond donors (Lipinski definition) is 3. The molecule has 0 unspecified atom stereocenters. The Balaban J connectivity index is 2.77. The van der Waals surface area contributed by atoms with Crippen LogP contribution in [0.1, 0.15) is 12.0 Å². The van der Waals surface area contributed by atoms with Crippen molar-refractivity contribution in [3.63, 3.8) is 0 Å². The van der Waals surface area contributed by atoms with Gasteiger partial charge in [0.2, 0.25) is 0 Å². The Hall–Kier alpha value is -2.69. The zero-order valence-electron chi connectivity index (χ0n) is 12.1. The molecule has 5 N–H and O–H groups in total. The molecule has 0 aliphatic heterocycles. The van der Waals surface area contributed by atoms with Crippen LogP contribution in [0.4, 0.5) is 4.79 Å². The molecule has 0 aliphatic carbocycles. The summed E-state index contributed by atoms with van der Waals surface area (Å²) < 4.78 is 5.32. The van der Waals surface area contributed by atoms with Gasteiger partial charge in [-0.1, -0.05) is 24.8 Å². The first-order chi connectivity index (χ1) is 10.1. The molecule has 0 aromatic heterocycles. The van der Waals surface area contributed by atoms with Gasteiger partial charge in [0.05, 0.1) is 7.11 Å². The Morgan fingerprint density at radius 2 is 2.14 bits per heavy atom. The Morgan fingerprint density at radius 3 is 2.76 bits per heavy atom. The van der Waals surface area contributed by atoms with Crippen LogP contribution in [-0.4, -0.2) is 13.1 Å². The van der Waals surface area contributed by atoms with Crippen molar-refractivity contribution in [2.24, 2.45) is 11.5 Å². The maximum atomic E-state index is 10.8. The van der Waals surface area contributed by atoms with Crippen LogP contribution in [0.2, 0.25) is 0 Å². The topological polar surface area (TPSA) is 90.4 Å². The molecule has 0 saturated carbocycles. The maximum Gasteiger partial charge on any atom is 0.316 e. The number of carbonyl (C=O) groups is 1. The number of benzene rings is 1. The first kappa shape index (κ1) is 16.4. The van der Waals surface area contributed by atoms with Gasteiger partial charge >= 0.3 is 6.03 Å². The van der Waals surface area contributed by atoms with E-state index in [1.807, 2.05) is 24.3 Å². The predicted octanol–water partition coefficient (Wildman–Crippen LogP) is 2.21. The van der Waals surface area contributed by atoms with Gasteiger partial charge in [0, 0.05) is 5.70 Å². The lowest BCUT2D eigenvalue weighted by Crippen LogP contribution is -2.27. The number of rotatable bonds is 7. The highest BCUT2D eigenvalue weighted by molar-refractivity contribution is 5.74. The van der Waals surface area contributed by atoms with Crippen LogP contribution in [0.25, 0.3) is 0 Å². The Morgan fingerprint density at radius 1 is 1.43 bits per heavy atom. The summed E-state index contributed by atoms with van der Waals surface area (Å²) in [5, 5.41) is 2.42. The minimum atomic E-state index is -0.642. The van der Waals surface area contributed by atoms with Crippen molar-refractivity contribution in [2.45, 2.75) is 12.8 Å². The van der Waals surface area contributed by atoms with E-state index in [4.69, 9.17) is 16.2 Å². The van der Waals surface area contributed by atoms with E-state index in [0.717, 1.165) is 29.7 Å². The number of amides is 2. The molecule has 112 valence electrons. The highest BCUT2D eigenvalue weighted by Gasteiger charge is 2.03. The fraction of sp³-hybridized carbons (Fsp3) is 0.188. The first-order valence-corrected chi connectivity index (χ1v) is 6.53. The smallest absolute Gasteiger partial charge is 0.316 e. The SMILES string of the molecule is C=C(/C=C(\C=C/N)CCc1ccccc1OC)NC(N)=O. The van der Waals surface area contributed by atoms with E-state index in [1.54, 1.807) is 19.3 Å². The Kier molecular flexibility index (Phi) is 6.60. The molecule has 0 atom stereocenters. The molecule has 21 heavy (non-hydrogen) atoms. The second kappa shape index (κ2) is 8.47. The monoisotopic (exact) mass is 287 g/mol. The number of nitrogens with two attached hydrogens (primary N) is 2. The molecule has 2 amide bonds. The van der Waals surface area contributed by atoms with Crippen molar-refractivity contribution in [2.75, 3.05) is 7.11 Å². The molecule has 0 radical (unpaired) electrons. The van der Waals surface area contributed by atoms with Gasteiger partial charge in [-0.3, -0.25) is 0 Å². The average molecular weight is 287 g/mol. The van der Waals surface area contributed by atoms with Crippen LogP contribution in [0.3, 0.4) is 0 Å². The van der Waals surface area contributed by atoms with Crippen molar-refractivity contribution >= 4 is 6.03 Å². The van der Waals surface area contributed by atoms with Gasteiger partial charge in [-0.2, -0.15) is 0 Å². The molecule has 0 aliphatic rings. The number of carbonyl (C=O) groups excluding carboxylic acids is 1. The van der Waals surface area contributed by atoms with Crippen LogP contribution < -0.4 is 21.5 Å². The fourth-order valence-corrected chi connectivity index (χ4v) is 1.93. The summed E-state index contributed by atoms with van der Waals surface area (Å²) in [7, 11) is 1.65. The minimum absolute atomic E-state index is 0.427. The lowest BCUT2D eigenvalue weighted by Gasteiger charge is -2.09. The number of nitrogens with one attached hydrogen (secondary N) is 1. The summed E-state index contributed by atoms with van der Waals surface area (Å²) in [5.41, 5.74) is 13.0. The largest absolute Gasteiger partial charge is 0.496 e. The van der Waals surface area contributed by atoms with E-state index < -0.39 is 6.03 Å². The van der Waals surface area contributed by atoms with Crippen molar-refractivity contribution in [3.05, 3.63) is 66.0 Å². The van der Waals surface area contributed by atoms with Crippen molar-refractivity contribution in [3.8, 4) is 5.75 Å². The second-order valence-electron chi connectivity index (χ2n) is 4.40. The summed E-state index contributed by atoms with van der Waals surface area (Å²) in [4.78, 5) is 10.8. The third-order valence-corrected chi connectivity index (χ3v) is 2.83. The zero-order chi connectivity index (χ0) is 15.7. The number of hydrogen-bond acceptors (Lipinski definition) is 3. The van der Waals surface area contributed by atoms with Crippen molar-refractivity contribution in [1.29, 1.82) is 0 Å². The lowest BCUT2D eigenvalue weighted by atomic mass is 10.0. The quantitative estimate of drug-likeness (QED) is 0.671. The number of para-hydroxylation sites is 1. The molecule has 1 aromatic rings. The molecule has 0 bridgehead atoms. The van der Waals surface area contributed by atoms with Gasteiger partial charge in [0.25, 0.3) is 0 Å². The molecular formula is C16H21N3O2. The second-order valence-corrected chi connectivity index (χ2v) is 4.40. The summed E-state index contributed by atoms with van der Waals surface area (Å²) in [5.74, 6) is 0.850. The number of methoxy groups -OCH3 is 1. The molecule has 1 aromatic carbocycles. The van der Waals surface area contributed by atoms with Crippen LogP contribution in [0.15, 0.2) is 60.5 Å². The normalized spacial score (nSPS) is 11.4. The van der Waals surface area contributed by atoms with Crippen molar-refractivity contribution in [1.82, 2.24) is 5.32 Å². The molecule has 5 nitrogen and oxygen atoms in total. The van der Waals surface area contributed by atoms with Gasteiger partial charge in [0.1, 0.15) is 5.75 Å². The number of aryl methyl sites for hydroxylation is 1. The molecule has 0 spiro atoms. The standard InChI is InChI=1S/C16H21N3O2/c1-12(19-16(18)20)11-13(9-10-17)7-8-14-5-3-4-6-15(14)21-2/h3-6,9-11H,1,7-8,17H2,2H3,(H3,18,19,20)/b10-9-,13-11-. The summed E-state index contributed by atoms with van der Waals surface area (Å²) >= 11 is 0.